The van der Waals surface area contributed by atoms with Crippen LogP contribution in [0.15, 0.2) is 36.0 Å². The molecule has 0 atom stereocenters. The van der Waals surface area contributed by atoms with E-state index in [-0.39, 0.29) is 11.6 Å². The number of nitro groups is 1. The minimum Gasteiger partial charge on any atom is -0.369 e. The Bertz CT molecular complexity index is 551. The molecule has 6 N–H and O–H groups in total. The van der Waals surface area contributed by atoms with E-state index in [9.17, 15) is 10.1 Å². The largest absolute Gasteiger partial charge is 0.369 e. The number of hydrazone groups is 1. The van der Waals surface area contributed by atoms with Gasteiger partial charge in [0.25, 0.3) is 10.8 Å². The predicted octanol–water partition coefficient (Wildman–Crippen LogP) is 0.576. The third-order valence-corrected chi connectivity index (χ3v) is 1.97. The molecule has 0 aromatic heterocycles. The molecule has 0 aliphatic carbocycles. The average Bonchev–Trinajstić information content (AvgIpc) is 2.36. The summed E-state index contributed by atoms with van der Waals surface area (Å²) < 4.78 is 0. The van der Waals surface area contributed by atoms with Gasteiger partial charge in [0.2, 0.25) is 5.96 Å². The van der Waals surface area contributed by atoms with E-state index >= 15 is 0 Å². The highest BCUT2D eigenvalue weighted by Gasteiger charge is 2.09. The maximum atomic E-state index is 10.6. The molecule has 1 rings (SSSR count). The van der Waals surface area contributed by atoms with Gasteiger partial charge in [0.05, 0.1) is 10.6 Å². The minimum atomic E-state index is -1.50. The van der Waals surface area contributed by atoms with Gasteiger partial charge >= 0.3 is 0 Å². The Morgan fingerprint density at radius 3 is 2.43 bits per heavy atom. The molecule has 114 valence electrons. The lowest BCUT2D eigenvalue weighted by Crippen LogP contribution is -2.24. The average molecular weight is 298 g/mol. The van der Waals surface area contributed by atoms with Gasteiger partial charge in [-0.15, -0.1) is 21.8 Å². The number of non-ortho nitro benzene ring substituents is 1. The normalized spacial score (nSPS) is 8.76. The third kappa shape index (κ3) is 7.61. The van der Waals surface area contributed by atoms with Crippen molar-refractivity contribution >= 4 is 17.3 Å². The highest BCUT2D eigenvalue weighted by Crippen LogP contribution is 2.23. The summed E-state index contributed by atoms with van der Waals surface area (Å²) in [6.07, 6.45) is 2.24. The monoisotopic (exact) mass is 298 g/mol. The fourth-order valence-electron chi connectivity index (χ4n) is 1.24. The van der Waals surface area contributed by atoms with Gasteiger partial charge in [0.15, 0.2) is 0 Å². The van der Waals surface area contributed by atoms with Gasteiger partial charge in [-0.05, 0) is 18.1 Å². The highest BCUT2D eigenvalue weighted by atomic mass is 16.9. The topological polar surface area (TPSA) is 183 Å². The molecule has 21 heavy (non-hydrogen) atoms. The van der Waals surface area contributed by atoms with Crippen molar-refractivity contribution in [2.24, 2.45) is 16.6 Å². The van der Waals surface area contributed by atoms with E-state index in [1.165, 1.54) is 12.1 Å². The first-order valence-corrected chi connectivity index (χ1v) is 5.34. The Morgan fingerprint density at radius 1 is 1.43 bits per heavy atom. The SMILES string of the molecule is C=CCc1ccc([N+](=O)[O-])cc1NN=C(N)N.O=[N+]([O-])O. The molecule has 0 unspecified atom stereocenters. The second-order valence-corrected chi connectivity index (χ2v) is 3.48. The number of rotatable bonds is 5. The summed E-state index contributed by atoms with van der Waals surface area (Å²) in [5, 5.41) is 27.9. The lowest BCUT2D eigenvalue weighted by molar-refractivity contribution is -0.742. The number of guanidine groups is 1. The number of nitrogens with two attached hydrogens (primary N) is 2. The zero-order chi connectivity index (χ0) is 16.4. The lowest BCUT2D eigenvalue weighted by Gasteiger charge is -2.06. The number of benzene rings is 1. The number of nitro benzene ring substituents is 1. The Balaban J connectivity index is 0.000000885. The maximum absolute atomic E-state index is 10.6. The summed E-state index contributed by atoms with van der Waals surface area (Å²) >= 11 is 0. The maximum Gasteiger partial charge on any atom is 0.291 e. The van der Waals surface area contributed by atoms with Crippen molar-refractivity contribution in [3.63, 3.8) is 0 Å². The fourth-order valence-corrected chi connectivity index (χ4v) is 1.24. The van der Waals surface area contributed by atoms with Gasteiger partial charge < -0.3 is 16.7 Å². The van der Waals surface area contributed by atoms with Crippen LogP contribution in [0.1, 0.15) is 5.56 Å². The van der Waals surface area contributed by atoms with Crippen molar-refractivity contribution in [1.29, 1.82) is 0 Å². The second-order valence-electron chi connectivity index (χ2n) is 3.48. The van der Waals surface area contributed by atoms with Crippen molar-refractivity contribution in [2.45, 2.75) is 6.42 Å². The molecule has 11 heteroatoms. The zero-order valence-corrected chi connectivity index (χ0v) is 10.8. The highest BCUT2D eigenvalue weighted by molar-refractivity contribution is 5.77. The van der Waals surface area contributed by atoms with Crippen LogP contribution in [0.25, 0.3) is 0 Å². The summed E-state index contributed by atoms with van der Waals surface area (Å²) in [7, 11) is 0. The molecule has 0 saturated heterocycles. The quantitative estimate of drug-likeness (QED) is 0.200. The number of nitrogens with zero attached hydrogens (tertiary/aromatic N) is 3. The van der Waals surface area contributed by atoms with Crippen LogP contribution in [0, 0.1) is 20.2 Å². The first kappa shape index (κ1) is 17.6. The molecule has 0 aliphatic heterocycles. The van der Waals surface area contributed by atoms with Gasteiger partial charge in [-0.2, -0.15) is 0 Å². The first-order valence-electron chi connectivity index (χ1n) is 5.34. The summed E-state index contributed by atoms with van der Waals surface area (Å²) in [5.74, 6) is -0.152. The zero-order valence-electron chi connectivity index (χ0n) is 10.8. The molecule has 0 heterocycles. The van der Waals surface area contributed by atoms with Crippen LogP contribution in [-0.2, 0) is 6.42 Å². The van der Waals surface area contributed by atoms with Crippen LogP contribution >= 0.6 is 0 Å². The number of anilines is 1. The van der Waals surface area contributed by atoms with Gasteiger partial charge in [-0.1, -0.05) is 6.08 Å². The smallest absolute Gasteiger partial charge is 0.291 e. The Labute approximate surface area is 118 Å². The van der Waals surface area contributed by atoms with Crippen LogP contribution in [0.2, 0.25) is 0 Å². The van der Waals surface area contributed by atoms with E-state index < -0.39 is 10.0 Å². The molecule has 11 nitrogen and oxygen atoms in total. The first-order chi connectivity index (χ1) is 9.77. The Kier molecular flexibility index (Phi) is 7.29. The van der Waals surface area contributed by atoms with E-state index in [0.717, 1.165) is 5.56 Å². The molecular weight excluding hydrogens is 284 g/mol. The van der Waals surface area contributed by atoms with Crippen molar-refractivity contribution in [3.8, 4) is 0 Å². The Morgan fingerprint density at radius 2 is 2.00 bits per heavy atom. The molecule has 0 fully saturated rings. The third-order valence-electron chi connectivity index (χ3n) is 1.97. The molecular formula is C10H14N6O5. The van der Waals surface area contributed by atoms with Crippen molar-refractivity contribution in [3.05, 3.63) is 56.6 Å². The van der Waals surface area contributed by atoms with E-state index in [0.29, 0.717) is 12.1 Å². The Hall–Kier alpha value is -3.37. The number of hydrogen-bond acceptors (Lipinski definition) is 6. The standard InChI is InChI=1S/C10H13N5O2.HNO3/c1-2-3-7-4-5-8(15(16)17)6-9(7)13-14-10(11)12;2-1(3)4/h2,4-6,13H,1,3H2,(H4,11,12,14);(H,2,3,4). The molecule has 0 amide bonds. The van der Waals surface area contributed by atoms with E-state index in [1.807, 2.05) is 0 Å². The van der Waals surface area contributed by atoms with Crippen LogP contribution in [0.5, 0.6) is 0 Å². The lowest BCUT2D eigenvalue weighted by atomic mass is 10.1. The summed E-state index contributed by atoms with van der Waals surface area (Å²) in [6, 6.07) is 4.41. The van der Waals surface area contributed by atoms with Crippen LogP contribution in [0.3, 0.4) is 0 Å². The fraction of sp³-hybridized carbons (Fsp3) is 0.100. The van der Waals surface area contributed by atoms with Crippen molar-refractivity contribution in [2.75, 3.05) is 5.43 Å². The second kappa shape index (κ2) is 8.68. The van der Waals surface area contributed by atoms with Gasteiger partial charge in [-0.3, -0.25) is 15.5 Å². The molecule has 0 bridgehead atoms. The van der Waals surface area contributed by atoms with Crippen LogP contribution < -0.4 is 16.9 Å². The molecule has 1 aromatic rings. The molecule has 0 spiro atoms. The number of allylic oxidation sites excluding steroid dienone is 1. The van der Waals surface area contributed by atoms with E-state index in [4.69, 9.17) is 26.8 Å². The molecule has 1 aromatic carbocycles. The van der Waals surface area contributed by atoms with E-state index in [2.05, 4.69) is 17.1 Å². The minimum absolute atomic E-state index is 0.0360. The summed E-state index contributed by atoms with van der Waals surface area (Å²) in [5.41, 5.74) is 14.2. The van der Waals surface area contributed by atoms with Gasteiger partial charge in [0, 0.05) is 12.1 Å². The van der Waals surface area contributed by atoms with Gasteiger partial charge in [-0.25, -0.2) is 0 Å². The van der Waals surface area contributed by atoms with E-state index in [1.54, 1.807) is 12.1 Å². The molecule has 0 saturated carbocycles. The van der Waals surface area contributed by atoms with Crippen molar-refractivity contribution < 1.29 is 15.2 Å². The van der Waals surface area contributed by atoms with Gasteiger partial charge in [0.1, 0.15) is 0 Å². The summed E-state index contributed by atoms with van der Waals surface area (Å²) in [4.78, 5) is 18.5. The van der Waals surface area contributed by atoms with Crippen molar-refractivity contribution in [1.82, 2.24) is 0 Å². The number of hydrogen-bond donors (Lipinski definition) is 4. The molecule has 0 aliphatic rings. The number of nitrogens with one attached hydrogen (secondary N) is 1. The summed E-state index contributed by atoms with van der Waals surface area (Å²) in [6.45, 7) is 3.60. The van der Waals surface area contributed by atoms with Crippen LogP contribution in [0.4, 0.5) is 11.4 Å². The molecule has 0 radical (unpaired) electrons. The van der Waals surface area contributed by atoms with Crippen LogP contribution in [-0.4, -0.2) is 21.2 Å². The predicted molar refractivity (Wildman–Crippen MR) is 75.2 cm³/mol.